The van der Waals surface area contributed by atoms with Crippen LogP contribution in [0.25, 0.3) is 22.2 Å². The molecular formula is C30H30N6. The van der Waals surface area contributed by atoms with E-state index in [1.807, 2.05) is 24.7 Å². The van der Waals surface area contributed by atoms with Gasteiger partial charge in [0.2, 0.25) is 0 Å². The molecule has 1 fully saturated rings. The average Bonchev–Trinajstić information content (AvgIpc) is 3.28. The maximum atomic E-state index is 4.72. The number of nitrogens with one attached hydrogen (secondary N) is 1. The van der Waals surface area contributed by atoms with Crippen LogP contribution >= 0.6 is 0 Å². The zero-order valence-corrected chi connectivity index (χ0v) is 20.5. The van der Waals surface area contributed by atoms with E-state index in [-0.39, 0.29) is 0 Å². The SMILES string of the molecule is CN1CCN(c2ccc(Nc3cc4c(cn3)cc(-c3cccnc3)n4Cc3ccccc3)cc2)CC1. The van der Waals surface area contributed by atoms with Crippen LogP contribution in [0.5, 0.6) is 0 Å². The number of nitrogens with zero attached hydrogens (tertiary/aromatic N) is 5. The van der Waals surface area contributed by atoms with Gasteiger partial charge in [0.15, 0.2) is 0 Å². The molecule has 6 rings (SSSR count). The standard InChI is InChI=1S/C30H30N6/c1-34-14-16-35(17-15-34)27-11-9-26(10-12-27)33-30-19-29-25(21-32-30)18-28(24-8-5-13-31-20-24)36(29)22-23-6-3-2-4-7-23/h2-13,18-21H,14-17,22H2,1H3,(H,32,33). The normalized spacial score (nSPS) is 14.3. The smallest absolute Gasteiger partial charge is 0.132 e. The van der Waals surface area contributed by atoms with Crippen molar-refractivity contribution in [3.63, 3.8) is 0 Å². The number of piperazine rings is 1. The van der Waals surface area contributed by atoms with Crippen LogP contribution in [0.3, 0.4) is 0 Å². The molecule has 5 aromatic rings. The number of fused-ring (bicyclic) bond motifs is 1. The Kier molecular flexibility index (Phi) is 6.10. The van der Waals surface area contributed by atoms with Crippen LogP contribution in [0.15, 0.2) is 97.5 Å². The molecule has 3 aromatic heterocycles. The lowest BCUT2D eigenvalue weighted by Crippen LogP contribution is -2.44. The Bertz CT molecular complexity index is 1440. The highest BCUT2D eigenvalue weighted by Gasteiger charge is 2.15. The second-order valence-corrected chi connectivity index (χ2v) is 9.43. The number of hydrogen-bond donors (Lipinski definition) is 1. The van der Waals surface area contributed by atoms with Crippen LogP contribution in [0, 0.1) is 0 Å². The van der Waals surface area contributed by atoms with E-state index in [9.17, 15) is 0 Å². The fourth-order valence-electron chi connectivity index (χ4n) is 4.88. The first kappa shape index (κ1) is 22.3. The topological polar surface area (TPSA) is 49.2 Å². The molecule has 1 aliphatic heterocycles. The number of rotatable bonds is 6. The quantitative estimate of drug-likeness (QED) is 0.345. The van der Waals surface area contributed by atoms with Gasteiger partial charge in [-0.25, -0.2) is 4.98 Å². The molecule has 0 unspecified atom stereocenters. The molecule has 6 nitrogen and oxygen atoms in total. The molecule has 0 atom stereocenters. The first-order valence-corrected chi connectivity index (χ1v) is 12.5. The van der Waals surface area contributed by atoms with E-state index in [1.165, 1.54) is 11.3 Å². The molecule has 1 N–H and O–H groups in total. The van der Waals surface area contributed by atoms with Gasteiger partial charge in [-0.15, -0.1) is 0 Å². The van der Waals surface area contributed by atoms with Gasteiger partial charge >= 0.3 is 0 Å². The highest BCUT2D eigenvalue weighted by molar-refractivity contribution is 5.88. The molecule has 0 saturated carbocycles. The molecule has 36 heavy (non-hydrogen) atoms. The second-order valence-electron chi connectivity index (χ2n) is 9.43. The van der Waals surface area contributed by atoms with Gasteiger partial charge in [-0.3, -0.25) is 4.98 Å². The Labute approximate surface area is 211 Å². The lowest BCUT2D eigenvalue weighted by molar-refractivity contribution is 0.313. The van der Waals surface area contributed by atoms with Gasteiger partial charge in [-0.05, 0) is 55.1 Å². The fraction of sp³-hybridized carbons (Fsp3) is 0.200. The first-order chi connectivity index (χ1) is 17.7. The highest BCUT2D eigenvalue weighted by Crippen LogP contribution is 2.31. The van der Waals surface area contributed by atoms with Gasteiger partial charge in [-0.2, -0.15) is 0 Å². The Morgan fingerprint density at radius 3 is 2.39 bits per heavy atom. The predicted molar refractivity (Wildman–Crippen MR) is 148 cm³/mol. The maximum Gasteiger partial charge on any atom is 0.132 e. The van der Waals surface area contributed by atoms with Crippen LogP contribution in [0.4, 0.5) is 17.2 Å². The summed E-state index contributed by atoms with van der Waals surface area (Å²) in [5, 5.41) is 4.62. The van der Waals surface area contributed by atoms with Gasteiger partial charge in [0.05, 0.1) is 11.2 Å². The summed E-state index contributed by atoms with van der Waals surface area (Å²) < 4.78 is 2.35. The van der Waals surface area contributed by atoms with Crippen LogP contribution in [0.1, 0.15) is 5.56 Å². The summed E-state index contributed by atoms with van der Waals surface area (Å²) in [5.41, 5.74) is 6.94. The van der Waals surface area contributed by atoms with Crippen LogP contribution in [0.2, 0.25) is 0 Å². The van der Waals surface area contributed by atoms with Crippen molar-refractivity contribution >= 4 is 28.1 Å². The number of aromatic nitrogens is 3. The molecular weight excluding hydrogens is 444 g/mol. The molecule has 0 bridgehead atoms. The van der Waals surface area contributed by atoms with Crippen molar-refractivity contribution in [3.05, 3.63) is 103 Å². The number of pyridine rings is 2. The monoisotopic (exact) mass is 474 g/mol. The molecule has 0 amide bonds. The molecule has 1 aliphatic rings. The van der Waals surface area contributed by atoms with Gasteiger partial charge in [0.25, 0.3) is 0 Å². The van der Waals surface area contributed by atoms with Gasteiger partial charge in [0.1, 0.15) is 5.82 Å². The summed E-state index contributed by atoms with van der Waals surface area (Å²) in [5.74, 6) is 0.833. The van der Waals surface area contributed by atoms with Gasteiger partial charge in [-0.1, -0.05) is 30.3 Å². The van der Waals surface area contributed by atoms with Crippen molar-refractivity contribution in [3.8, 4) is 11.3 Å². The van der Waals surface area contributed by atoms with Crippen LogP contribution < -0.4 is 10.2 Å². The summed E-state index contributed by atoms with van der Waals surface area (Å²) in [6.45, 7) is 5.12. The van der Waals surface area contributed by atoms with E-state index < -0.39 is 0 Å². The van der Waals surface area contributed by atoms with Crippen LogP contribution in [-0.2, 0) is 6.54 Å². The first-order valence-electron chi connectivity index (χ1n) is 12.5. The third kappa shape index (κ3) is 4.68. The van der Waals surface area contributed by atoms with E-state index in [0.29, 0.717) is 0 Å². The van der Waals surface area contributed by atoms with Crippen molar-refractivity contribution in [1.29, 1.82) is 0 Å². The summed E-state index contributed by atoms with van der Waals surface area (Å²) >= 11 is 0. The molecule has 2 aromatic carbocycles. The van der Waals surface area contributed by atoms with E-state index in [4.69, 9.17) is 4.98 Å². The Morgan fingerprint density at radius 1 is 0.833 bits per heavy atom. The van der Waals surface area contributed by atoms with Crippen molar-refractivity contribution < 1.29 is 0 Å². The molecule has 0 spiro atoms. The number of benzene rings is 2. The van der Waals surface area contributed by atoms with Crippen molar-refractivity contribution in [1.82, 2.24) is 19.4 Å². The minimum Gasteiger partial charge on any atom is -0.369 e. The number of hydrogen-bond acceptors (Lipinski definition) is 5. The highest BCUT2D eigenvalue weighted by atomic mass is 15.2. The van der Waals surface area contributed by atoms with E-state index in [0.717, 1.165) is 66.4 Å². The third-order valence-corrected chi connectivity index (χ3v) is 6.93. The van der Waals surface area contributed by atoms with Gasteiger partial charge < -0.3 is 19.7 Å². The average molecular weight is 475 g/mol. The van der Waals surface area contributed by atoms with Crippen molar-refractivity contribution in [2.45, 2.75) is 6.54 Å². The zero-order valence-electron chi connectivity index (χ0n) is 20.5. The van der Waals surface area contributed by atoms with Crippen LogP contribution in [-0.4, -0.2) is 52.7 Å². The maximum absolute atomic E-state index is 4.72. The van der Waals surface area contributed by atoms with Crippen molar-refractivity contribution in [2.24, 2.45) is 0 Å². The molecule has 0 aliphatic carbocycles. The van der Waals surface area contributed by atoms with Crippen molar-refractivity contribution in [2.75, 3.05) is 43.4 Å². The Morgan fingerprint density at radius 2 is 1.64 bits per heavy atom. The molecule has 1 saturated heterocycles. The molecule has 4 heterocycles. The predicted octanol–water partition coefficient (Wildman–Crippen LogP) is 5.64. The van der Waals surface area contributed by atoms with Gasteiger partial charge in [0, 0.05) is 79.7 Å². The Balaban J connectivity index is 1.30. The summed E-state index contributed by atoms with van der Waals surface area (Å²) in [4.78, 5) is 13.9. The largest absolute Gasteiger partial charge is 0.369 e. The minimum atomic E-state index is 0.776. The molecule has 180 valence electrons. The molecule has 0 radical (unpaired) electrons. The van der Waals surface area contributed by atoms with E-state index in [2.05, 4.69) is 105 Å². The Hall–Kier alpha value is -4.16. The zero-order chi connectivity index (χ0) is 24.3. The lowest BCUT2D eigenvalue weighted by Gasteiger charge is -2.34. The fourth-order valence-corrected chi connectivity index (χ4v) is 4.88. The summed E-state index contributed by atoms with van der Waals surface area (Å²) in [6, 6.07) is 27.7. The number of likely N-dealkylation sites (N-methyl/N-ethyl adjacent to an activating group) is 1. The minimum absolute atomic E-state index is 0.776. The molecule has 6 heteroatoms. The lowest BCUT2D eigenvalue weighted by atomic mass is 10.2. The summed E-state index contributed by atoms with van der Waals surface area (Å²) in [7, 11) is 2.18. The van der Waals surface area contributed by atoms with E-state index in [1.54, 1.807) is 0 Å². The second kappa shape index (κ2) is 9.84. The summed E-state index contributed by atoms with van der Waals surface area (Å²) in [6.07, 6.45) is 5.69. The van der Waals surface area contributed by atoms with E-state index >= 15 is 0 Å². The number of anilines is 3. The third-order valence-electron chi connectivity index (χ3n) is 6.93.